The average molecular weight is 184 g/mol. The number of benzene rings is 1. The lowest BCUT2D eigenvalue weighted by Gasteiger charge is -2.06. The molecule has 1 aromatic carbocycles. The van der Waals surface area contributed by atoms with Crippen molar-refractivity contribution < 1.29 is 0 Å². The first-order valence-electron chi connectivity index (χ1n) is 4.19. The molecule has 2 heteroatoms. The highest BCUT2D eigenvalue weighted by Crippen LogP contribution is 2.16. The molecule has 0 atom stereocenters. The first-order valence-corrected chi connectivity index (χ1v) is 4.57. The van der Waals surface area contributed by atoms with Gasteiger partial charge in [-0.1, -0.05) is 24.6 Å². The van der Waals surface area contributed by atoms with Crippen molar-refractivity contribution in [2.24, 2.45) is 0 Å². The molecule has 66 valence electrons. The maximum Gasteiger partial charge on any atom is 0.0408 e. The van der Waals surface area contributed by atoms with E-state index in [1.807, 2.05) is 19.2 Å². The number of rotatable bonds is 3. The van der Waals surface area contributed by atoms with Gasteiger partial charge in [0.25, 0.3) is 0 Å². The second-order valence-corrected chi connectivity index (χ2v) is 3.23. The van der Waals surface area contributed by atoms with Crippen molar-refractivity contribution in [3.63, 3.8) is 0 Å². The Balaban J connectivity index is 2.94. The average Bonchev–Trinajstić information content (AvgIpc) is 2.08. The third-order valence-electron chi connectivity index (χ3n) is 1.92. The van der Waals surface area contributed by atoms with Gasteiger partial charge in [0.2, 0.25) is 0 Å². The first-order chi connectivity index (χ1) is 5.77. The Bertz CT molecular complexity index is 258. The zero-order chi connectivity index (χ0) is 8.97. The summed E-state index contributed by atoms with van der Waals surface area (Å²) < 4.78 is 0. The Morgan fingerprint density at radius 3 is 2.67 bits per heavy atom. The minimum Gasteiger partial charge on any atom is -0.316 e. The second kappa shape index (κ2) is 4.48. The molecule has 0 aliphatic rings. The van der Waals surface area contributed by atoms with Gasteiger partial charge in [0.15, 0.2) is 0 Å². The Labute approximate surface area is 78.7 Å². The summed E-state index contributed by atoms with van der Waals surface area (Å²) in [7, 11) is 1.95. The third kappa shape index (κ3) is 2.23. The van der Waals surface area contributed by atoms with Crippen LogP contribution in [0.4, 0.5) is 0 Å². The van der Waals surface area contributed by atoms with E-state index in [-0.39, 0.29) is 0 Å². The van der Waals surface area contributed by atoms with Crippen molar-refractivity contribution in [2.45, 2.75) is 19.9 Å². The van der Waals surface area contributed by atoms with Gasteiger partial charge in [0.1, 0.15) is 0 Å². The van der Waals surface area contributed by atoms with E-state index < -0.39 is 0 Å². The molecule has 0 aromatic heterocycles. The summed E-state index contributed by atoms with van der Waals surface area (Å²) in [4.78, 5) is 0. The molecule has 0 amide bonds. The van der Waals surface area contributed by atoms with E-state index in [9.17, 15) is 0 Å². The molecule has 0 bridgehead atoms. The van der Waals surface area contributed by atoms with Crippen LogP contribution in [0, 0.1) is 0 Å². The lowest BCUT2D eigenvalue weighted by molar-refractivity contribution is 0.806. The van der Waals surface area contributed by atoms with Crippen LogP contribution in [0.1, 0.15) is 18.1 Å². The fourth-order valence-electron chi connectivity index (χ4n) is 1.29. The zero-order valence-corrected chi connectivity index (χ0v) is 8.28. The third-order valence-corrected chi connectivity index (χ3v) is 2.15. The molecule has 1 nitrogen and oxygen atoms in total. The molecule has 1 rings (SSSR count). The van der Waals surface area contributed by atoms with Gasteiger partial charge < -0.3 is 5.32 Å². The lowest BCUT2D eigenvalue weighted by Crippen LogP contribution is -2.07. The van der Waals surface area contributed by atoms with Gasteiger partial charge in [-0.25, -0.2) is 0 Å². The first kappa shape index (κ1) is 9.56. The number of aryl methyl sites for hydroxylation is 1. The largest absolute Gasteiger partial charge is 0.316 e. The van der Waals surface area contributed by atoms with Crippen molar-refractivity contribution in [3.8, 4) is 0 Å². The topological polar surface area (TPSA) is 12.0 Å². The van der Waals surface area contributed by atoms with Crippen LogP contribution in [0.5, 0.6) is 0 Å². The summed E-state index contributed by atoms with van der Waals surface area (Å²) in [6.07, 6.45) is 1.04. The molecule has 0 saturated carbocycles. The standard InChI is InChI=1S/C10H14ClN/c1-3-8-6-10(11)5-4-9(8)7-12-2/h4-6,12H,3,7H2,1-2H3. The van der Waals surface area contributed by atoms with Crippen LogP contribution in [-0.2, 0) is 13.0 Å². The molecule has 0 fully saturated rings. The molecule has 0 aliphatic heterocycles. The summed E-state index contributed by atoms with van der Waals surface area (Å²) in [5.74, 6) is 0. The van der Waals surface area contributed by atoms with Gasteiger partial charge in [-0.15, -0.1) is 0 Å². The molecular formula is C10H14ClN. The van der Waals surface area contributed by atoms with Crippen molar-refractivity contribution in [1.82, 2.24) is 5.32 Å². The van der Waals surface area contributed by atoms with Crippen molar-refractivity contribution in [3.05, 3.63) is 34.3 Å². The van der Waals surface area contributed by atoms with Gasteiger partial charge in [-0.3, -0.25) is 0 Å². The van der Waals surface area contributed by atoms with Crippen LogP contribution in [0.15, 0.2) is 18.2 Å². The number of nitrogens with one attached hydrogen (secondary N) is 1. The molecular weight excluding hydrogens is 170 g/mol. The molecule has 0 unspecified atom stereocenters. The molecule has 0 heterocycles. The fraction of sp³-hybridized carbons (Fsp3) is 0.400. The highest BCUT2D eigenvalue weighted by atomic mass is 35.5. The van der Waals surface area contributed by atoms with Gasteiger partial charge in [0, 0.05) is 11.6 Å². The van der Waals surface area contributed by atoms with Crippen LogP contribution >= 0.6 is 11.6 Å². The van der Waals surface area contributed by atoms with E-state index in [0.717, 1.165) is 18.0 Å². The minimum atomic E-state index is 0.826. The molecule has 0 saturated heterocycles. The second-order valence-electron chi connectivity index (χ2n) is 2.80. The predicted octanol–water partition coefficient (Wildman–Crippen LogP) is 2.62. The highest BCUT2D eigenvalue weighted by molar-refractivity contribution is 6.30. The molecule has 0 radical (unpaired) electrons. The predicted molar refractivity (Wildman–Crippen MR) is 53.6 cm³/mol. The molecule has 12 heavy (non-hydrogen) atoms. The molecule has 1 N–H and O–H groups in total. The van der Waals surface area contributed by atoms with Crippen molar-refractivity contribution >= 4 is 11.6 Å². The van der Waals surface area contributed by atoms with E-state index in [1.54, 1.807) is 0 Å². The minimum absolute atomic E-state index is 0.826. The Morgan fingerprint density at radius 2 is 2.08 bits per heavy atom. The summed E-state index contributed by atoms with van der Waals surface area (Å²) in [5, 5.41) is 3.96. The van der Waals surface area contributed by atoms with E-state index in [2.05, 4.69) is 18.3 Å². The SMILES string of the molecule is CCc1cc(Cl)ccc1CNC. The van der Waals surface area contributed by atoms with E-state index >= 15 is 0 Å². The van der Waals surface area contributed by atoms with E-state index in [0.29, 0.717) is 0 Å². The summed E-state index contributed by atoms with van der Waals surface area (Å²) in [5.41, 5.74) is 2.67. The van der Waals surface area contributed by atoms with Gasteiger partial charge in [0.05, 0.1) is 0 Å². The molecule has 0 aliphatic carbocycles. The maximum absolute atomic E-state index is 5.88. The Kier molecular flexibility index (Phi) is 3.57. The Hall–Kier alpha value is -0.530. The van der Waals surface area contributed by atoms with E-state index in [4.69, 9.17) is 11.6 Å². The van der Waals surface area contributed by atoms with Crippen LogP contribution in [-0.4, -0.2) is 7.05 Å². The lowest BCUT2D eigenvalue weighted by atomic mass is 10.1. The monoisotopic (exact) mass is 183 g/mol. The Morgan fingerprint density at radius 1 is 1.33 bits per heavy atom. The quantitative estimate of drug-likeness (QED) is 0.760. The van der Waals surface area contributed by atoms with Crippen molar-refractivity contribution in [2.75, 3.05) is 7.05 Å². The smallest absolute Gasteiger partial charge is 0.0408 e. The van der Waals surface area contributed by atoms with E-state index in [1.165, 1.54) is 11.1 Å². The van der Waals surface area contributed by atoms with Gasteiger partial charge in [-0.2, -0.15) is 0 Å². The fourth-order valence-corrected chi connectivity index (χ4v) is 1.48. The van der Waals surface area contributed by atoms with Crippen molar-refractivity contribution in [1.29, 1.82) is 0 Å². The molecule has 0 spiro atoms. The van der Waals surface area contributed by atoms with Crippen LogP contribution in [0.2, 0.25) is 5.02 Å². The summed E-state index contributed by atoms with van der Waals surface area (Å²) >= 11 is 5.88. The number of hydrogen-bond acceptors (Lipinski definition) is 1. The number of halogens is 1. The normalized spacial score (nSPS) is 10.2. The van der Waals surface area contributed by atoms with Gasteiger partial charge in [-0.05, 0) is 36.7 Å². The zero-order valence-electron chi connectivity index (χ0n) is 7.52. The van der Waals surface area contributed by atoms with Crippen LogP contribution < -0.4 is 5.32 Å². The summed E-state index contributed by atoms with van der Waals surface area (Å²) in [6, 6.07) is 6.05. The highest BCUT2D eigenvalue weighted by Gasteiger charge is 1.99. The number of hydrogen-bond donors (Lipinski definition) is 1. The van der Waals surface area contributed by atoms with Gasteiger partial charge >= 0.3 is 0 Å². The summed E-state index contributed by atoms with van der Waals surface area (Å²) in [6.45, 7) is 3.06. The molecule has 1 aromatic rings. The van der Waals surface area contributed by atoms with Crippen LogP contribution in [0.3, 0.4) is 0 Å². The maximum atomic E-state index is 5.88. The van der Waals surface area contributed by atoms with Crippen LogP contribution in [0.25, 0.3) is 0 Å².